The van der Waals surface area contributed by atoms with Gasteiger partial charge in [-0.15, -0.1) is 0 Å². The molecule has 2 aliphatic heterocycles. The minimum absolute atomic E-state index is 0.0642. The number of nitrogens with one attached hydrogen (secondary N) is 1. The molecule has 2 aliphatic rings. The van der Waals surface area contributed by atoms with Crippen LogP contribution in [0.15, 0.2) is 0 Å². The summed E-state index contributed by atoms with van der Waals surface area (Å²) in [4.78, 5) is 40.8. The first-order valence-electron chi connectivity index (χ1n) is 8.59. The summed E-state index contributed by atoms with van der Waals surface area (Å²) in [6.45, 7) is 10.7. The van der Waals surface area contributed by atoms with Crippen molar-refractivity contribution in [3.8, 4) is 0 Å². The fourth-order valence-corrected chi connectivity index (χ4v) is 3.65. The molecular weight excluding hydrogens is 294 g/mol. The standard InChI is InChI=1S/C17H29N3O3/c1-10(2)6-14-16(22)18-8-13-9-19(12(5)21)15(7-11(3)4)17(23)20(13)14/h10-11,13-15H,6-9H2,1-5H3,(H,18,22)/t13-,14+,15+/m1/s1. The van der Waals surface area contributed by atoms with Crippen molar-refractivity contribution in [2.45, 2.75) is 65.6 Å². The molecule has 1 N–H and O–H groups in total. The van der Waals surface area contributed by atoms with Crippen LogP contribution in [0.4, 0.5) is 0 Å². The topological polar surface area (TPSA) is 69.7 Å². The third-order valence-electron chi connectivity index (χ3n) is 4.66. The molecular formula is C17H29N3O3. The first-order valence-corrected chi connectivity index (χ1v) is 8.59. The van der Waals surface area contributed by atoms with E-state index in [0.29, 0.717) is 37.8 Å². The summed E-state index contributed by atoms with van der Waals surface area (Å²) in [6.07, 6.45) is 1.29. The molecule has 130 valence electrons. The highest BCUT2D eigenvalue weighted by Crippen LogP contribution is 2.28. The van der Waals surface area contributed by atoms with Gasteiger partial charge in [0.2, 0.25) is 17.7 Å². The minimum atomic E-state index is -0.440. The van der Waals surface area contributed by atoms with Gasteiger partial charge in [0.1, 0.15) is 12.1 Å². The molecule has 0 spiro atoms. The number of amides is 3. The first kappa shape index (κ1) is 17.8. The van der Waals surface area contributed by atoms with E-state index in [0.717, 1.165) is 0 Å². The van der Waals surface area contributed by atoms with Gasteiger partial charge in [0.25, 0.3) is 0 Å². The van der Waals surface area contributed by atoms with Crippen LogP contribution in [0.25, 0.3) is 0 Å². The van der Waals surface area contributed by atoms with Gasteiger partial charge >= 0.3 is 0 Å². The van der Waals surface area contributed by atoms with Gasteiger partial charge in [-0.3, -0.25) is 14.4 Å². The van der Waals surface area contributed by atoms with Crippen LogP contribution < -0.4 is 5.32 Å². The van der Waals surface area contributed by atoms with E-state index in [1.54, 1.807) is 9.80 Å². The molecule has 6 heteroatoms. The van der Waals surface area contributed by atoms with E-state index in [4.69, 9.17) is 0 Å². The van der Waals surface area contributed by atoms with E-state index in [1.165, 1.54) is 6.92 Å². The van der Waals surface area contributed by atoms with Crippen LogP contribution in [0.3, 0.4) is 0 Å². The number of rotatable bonds is 4. The Bertz CT molecular complexity index is 489. The lowest BCUT2D eigenvalue weighted by Crippen LogP contribution is -2.72. The van der Waals surface area contributed by atoms with E-state index >= 15 is 0 Å². The number of nitrogens with zero attached hydrogens (tertiary/aromatic N) is 2. The van der Waals surface area contributed by atoms with Crippen LogP contribution in [0.1, 0.15) is 47.5 Å². The summed E-state index contributed by atoms with van der Waals surface area (Å²) in [7, 11) is 0. The molecule has 0 aromatic rings. The van der Waals surface area contributed by atoms with Crippen molar-refractivity contribution >= 4 is 17.7 Å². The summed E-state index contributed by atoms with van der Waals surface area (Å²) < 4.78 is 0. The maximum absolute atomic E-state index is 13.1. The lowest BCUT2D eigenvalue weighted by Gasteiger charge is -2.51. The van der Waals surface area contributed by atoms with E-state index in [2.05, 4.69) is 19.2 Å². The predicted molar refractivity (Wildman–Crippen MR) is 87.5 cm³/mol. The molecule has 0 aromatic heterocycles. The third-order valence-corrected chi connectivity index (χ3v) is 4.66. The SMILES string of the molecule is CC(=O)N1C[C@H]2CNC(=O)[C@H](CC(C)C)N2C(=O)[C@@H]1CC(C)C. The smallest absolute Gasteiger partial charge is 0.246 e. The molecule has 0 radical (unpaired) electrons. The molecule has 3 amide bonds. The van der Waals surface area contributed by atoms with Gasteiger partial charge in [-0.05, 0) is 24.7 Å². The molecule has 6 nitrogen and oxygen atoms in total. The van der Waals surface area contributed by atoms with Crippen LogP contribution >= 0.6 is 0 Å². The van der Waals surface area contributed by atoms with E-state index < -0.39 is 12.1 Å². The van der Waals surface area contributed by atoms with Crippen molar-refractivity contribution < 1.29 is 14.4 Å². The van der Waals surface area contributed by atoms with Crippen LogP contribution in [0.2, 0.25) is 0 Å². The monoisotopic (exact) mass is 323 g/mol. The second-order valence-corrected chi connectivity index (χ2v) is 7.61. The van der Waals surface area contributed by atoms with Gasteiger partial charge in [0, 0.05) is 20.0 Å². The third kappa shape index (κ3) is 3.67. The summed E-state index contributed by atoms with van der Waals surface area (Å²) in [5, 5.41) is 2.90. The Labute approximate surface area is 138 Å². The van der Waals surface area contributed by atoms with Gasteiger partial charge in [-0.2, -0.15) is 0 Å². The lowest BCUT2D eigenvalue weighted by atomic mass is 9.91. The number of piperazine rings is 2. The number of hydrogen-bond acceptors (Lipinski definition) is 3. The number of fused-ring (bicyclic) bond motifs is 1. The van der Waals surface area contributed by atoms with Gasteiger partial charge in [0.15, 0.2) is 0 Å². The predicted octanol–water partition coefficient (Wildman–Crippen LogP) is 1.00. The highest BCUT2D eigenvalue weighted by molar-refractivity contribution is 5.94. The van der Waals surface area contributed by atoms with Crippen LogP contribution in [0, 0.1) is 11.8 Å². The Balaban J connectivity index is 2.31. The Morgan fingerprint density at radius 1 is 1.13 bits per heavy atom. The fraction of sp³-hybridized carbons (Fsp3) is 0.824. The average Bonchev–Trinajstić information content (AvgIpc) is 2.43. The second kappa shape index (κ2) is 6.89. The molecule has 2 saturated heterocycles. The maximum atomic E-state index is 13.1. The average molecular weight is 323 g/mol. The van der Waals surface area contributed by atoms with Crippen molar-refractivity contribution in [1.82, 2.24) is 15.1 Å². The molecule has 2 rings (SSSR count). The highest BCUT2D eigenvalue weighted by atomic mass is 16.2. The summed E-state index contributed by atoms with van der Waals surface area (Å²) in [5.41, 5.74) is 0. The molecule has 3 atom stereocenters. The highest BCUT2D eigenvalue weighted by Gasteiger charge is 2.48. The van der Waals surface area contributed by atoms with Crippen molar-refractivity contribution in [3.63, 3.8) is 0 Å². The van der Waals surface area contributed by atoms with Gasteiger partial charge in [-0.25, -0.2) is 0 Å². The Hall–Kier alpha value is -1.59. The molecule has 0 saturated carbocycles. The van der Waals surface area contributed by atoms with Gasteiger partial charge in [-0.1, -0.05) is 27.7 Å². The molecule has 0 bridgehead atoms. The molecule has 2 fully saturated rings. The zero-order valence-corrected chi connectivity index (χ0v) is 14.8. The van der Waals surface area contributed by atoms with E-state index in [9.17, 15) is 14.4 Å². The molecule has 23 heavy (non-hydrogen) atoms. The zero-order chi connectivity index (χ0) is 17.3. The second-order valence-electron chi connectivity index (χ2n) is 7.61. The fourth-order valence-electron chi connectivity index (χ4n) is 3.65. The first-order chi connectivity index (χ1) is 10.7. The maximum Gasteiger partial charge on any atom is 0.246 e. The lowest BCUT2D eigenvalue weighted by molar-refractivity contribution is -0.164. The van der Waals surface area contributed by atoms with Crippen LogP contribution in [-0.4, -0.2) is 58.7 Å². The van der Waals surface area contributed by atoms with Crippen molar-refractivity contribution in [2.24, 2.45) is 11.8 Å². The number of carbonyl (C=O) groups excluding carboxylic acids is 3. The molecule has 0 unspecified atom stereocenters. The Kier molecular flexibility index (Phi) is 5.32. The van der Waals surface area contributed by atoms with Gasteiger partial charge < -0.3 is 15.1 Å². The van der Waals surface area contributed by atoms with Crippen molar-refractivity contribution in [1.29, 1.82) is 0 Å². The number of hydrogen-bond donors (Lipinski definition) is 1. The van der Waals surface area contributed by atoms with E-state index in [1.807, 2.05) is 13.8 Å². The Morgan fingerprint density at radius 2 is 1.70 bits per heavy atom. The van der Waals surface area contributed by atoms with Gasteiger partial charge in [0.05, 0.1) is 6.04 Å². The van der Waals surface area contributed by atoms with Crippen LogP contribution in [0.5, 0.6) is 0 Å². The molecule has 2 heterocycles. The van der Waals surface area contributed by atoms with Crippen LogP contribution in [-0.2, 0) is 14.4 Å². The summed E-state index contributed by atoms with van der Waals surface area (Å²) >= 11 is 0. The number of carbonyl (C=O) groups is 3. The zero-order valence-electron chi connectivity index (χ0n) is 14.8. The van der Waals surface area contributed by atoms with Crippen molar-refractivity contribution in [2.75, 3.05) is 13.1 Å². The summed E-state index contributed by atoms with van der Waals surface area (Å²) in [5.74, 6) is 0.436. The normalized spacial score (nSPS) is 28.2. The summed E-state index contributed by atoms with van der Waals surface area (Å²) in [6, 6.07) is -0.967. The van der Waals surface area contributed by atoms with Crippen molar-refractivity contribution in [3.05, 3.63) is 0 Å². The molecule has 0 aliphatic carbocycles. The Morgan fingerprint density at radius 3 is 2.22 bits per heavy atom. The quantitative estimate of drug-likeness (QED) is 0.839. The largest absolute Gasteiger partial charge is 0.352 e. The molecule has 0 aromatic carbocycles. The van der Waals surface area contributed by atoms with E-state index in [-0.39, 0.29) is 23.8 Å². The minimum Gasteiger partial charge on any atom is -0.352 e.